The molecule has 1 aromatic carbocycles. The van der Waals surface area contributed by atoms with Crippen molar-refractivity contribution in [1.82, 2.24) is 0 Å². The van der Waals surface area contributed by atoms with E-state index in [9.17, 15) is 0 Å². The Hall–Kier alpha value is -1.04. The highest BCUT2D eigenvalue weighted by molar-refractivity contribution is 5.59. The monoisotopic (exact) mass is 268 g/mol. The van der Waals surface area contributed by atoms with Crippen LogP contribution in [0, 0.1) is 17.8 Å². The van der Waals surface area contributed by atoms with E-state index in [2.05, 4.69) is 43.3 Å². The normalized spacial score (nSPS) is 28.2. The Balaban J connectivity index is 0.0000000956. The molecule has 0 heterocycles. The van der Waals surface area contributed by atoms with Crippen molar-refractivity contribution in [3.63, 3.8) is 0 Å². The van der Waals surface area contributed by atoms with Crippen molar-refractivity contribution >= 4 is 6.08 Å². The molecule has 0 aromatic heterocycles. The first kappa shape index (κ1) is 13.9. The Labute approximate surface area is 124 Å². The van der Waals surface area contributed by atoms with Gasteiger partial charge in [-0.25, -0.2) is 0 Å². The van der Waals surface area contributed by atoms with Crippen LogP contribution < -0.4 is 0 Å². The van der Waals surface area contributed by atoms with Gasteiger partial charge < -0.3 is 0 Å². The van der Waals surface area contributed by atoms with Crippen LogP contribution in [0.2, 0.25) is 0 Å². The molecule has 0 spiro atoms. The van der Waals surface area contributed by atoms with Crippen molar-refractivity contribution in [1.29, 1.82) is 0 Å². The van der Waals surface area contributed by atoms with E-state index < -0.39 is 0 Å². The molecule has 0 heteroatoms. The quantitative estimate of drug-likeness (QED) is 0.552. The maximum absolute atomic E-state index is 2.34. The van der Waals surface area contributed by atoms with Gasteiger partial charge in [-0.05, 0) is 54.6 Å². The number of fused-ring (bicyclic) bond motifs is 2. The van der Waals surface area contributed by atoms with Crippen LogP contribution in [-0.4, -0.2) is 0 Å². The van der Waals surface area contributed by atoms with Gasteiger partial charge in [0.25, 0.3) is 0 Å². The van der Waals surface area contributed by atoms with Crippen molar-refractivity contribution in [2.75, 3.05) is 0 Å². The van der Waals surface area contributed by atoms with Gasteiger partial charge in [0.15, 0.2) is 0 Å². The predicted octanol–water partition coefficient (Wildman–Crippen LogP) is 5.87. The molecule has 0 amide bonds. The molecule has 2 unspecified atom stereocenters. The smallest absolute Gasteiger partial charge is 0.00882 e. The lowest BCUT2D eigenvalue weighted by molar-refractivity contribution is 0.468. The Morgan fingerprint density at radius 2 is 1.60 bits per heavy atom. The van der Waals surface area contributed by atoms with Gasteiger partial charge in [-0.1, -0.05) is 69.0 Å². The molecule has 0 bridgehead atoms. The second-order valence-electron chi connectivity index (χ2n) is 7.03. The summed E-state index contributed by atoms with van der Waals surface area (Å²) in [7, 11) is 0. The molecule has 108 valence electrons. The van der Waals surface area contributed by atoms with E-state index in [-0.39, 0.29) is 0 Å². The number of hydrogen-bond donors (Lipinski definition) is 0. The standard InChI is InChI=1S/C9H8.C6H12.C5H8/c1-2-5-9-7-3-6-8(9)4-1;1-6-4-2-3-5-6;1-2-5-3-4(1)5/h1-6H,7H2;6H,2-5H2,1H3;4-5H,1-3H2. The largest absolute Gasteiger partial charge is 0.0795 e. The van der Waals surface area contributed by atoms with Crippen LogP contribution in [0.25, 0.3) is 6.08 Å². The van der Waals surface area contributed by atoms with Crippen LogP contribution in [0.3, 0.4) is 0 Å². The number of allylic oxidation sites excluding steroid dienone is 1. The minimum absolute atomic E-state index is 1.05. The highest BCUT2D eigenvalue weighted by Crippen LogP contribution is 2.55. The maximum atomic E-state index is 2.34. The minimum atomic E-state index is 1.05. The van der Waals surface area contributed by atoms with Gasteiger partial charge in [0.2, 0.25) is 0 Å². The molecule has 4 aliphatic carbocycles. The van der Waals surface area contributed by atoms with Gasteiger partial charge in [-0.3, -0.25) is 0 Å². The Morgan fingerprint density at radius 3 is 2.05 bits per heavy atom. The Morgan fingerprint density at radius 1 is 0.900 bits per heavy atom. The Bertz CT molecular complexity index is 439. The van der Waals surface area contributed by atoms with Crippen molar-refractivity contribution in [2.45, 2.75) is 58.3 Å². The summed E-state index contributed by atoms with van der Waals surface area (Å²) in [5.74, 6) is 3.51. The first-order chi connectivity index (χ1) is 9.83. The third-order valence-corrected chi connectivity index (χ3v) is 5.31. The first-order valence-corrected chi connectivity index (χ1v) is 8.57. The summed E-state index contributed by atoms with van der Waals surface area (Å²) in [6.07, 6.45) is 16.1. The molecule has 0 radical (unpaired) electrons. The van der Waals surface area contributed by atoms with Crippen LogP contribution in [0.1, 0.15) is 63.0 Å². The topological polar surface area (TPSA) is 0 Å². The summed E-state index contributed by atoms with van der Waals surface area (Å²) in [6, 6.07) is 8.49. The third kappa shape index (κ3) is 3.75. The summed E-state index contributed by atoms with van der Waals surface area (Å²) in [6.45, 7) is 2.34. The van der Waals surface area contributed by atoms with Gasteiger partial charge in [-0.15, -0.1) is 0 Å². The molecule has 0 saturated heterocycles. The van der Waals surface area contributed by atoms with Crippen LogP contribution in [-0.2, 0) is 6.42 Å². The van der Waals surface area contributed by atoms with E-state index in [0.29, 0.717) is 0 Å². The van der Waals surface area contributed by atoms with Crippen LogP contribution in [0.4, 0.5) is 0 Å². The zero-order valence-corrected chi connectivity index (χ0v) is 12.9. The SMILES string of the molecule is C1=Cc2ccccc2C1.C1CC2CC12.CC1CCCC1. The summed E-state index contributed by atoms with van der Waals surface area (Å²) in [5.41, 5.74) is 2.84. The second-order valence-corrected chi connectivity index (χ2v) is 7.03. The molecule has 1 aromatic rings. The summed E-state index contributed by atoms with van der Waals surface area (Å²) < 4.78 is 0. The van der Waals surface area contributed by atoms with Gasteiger partial charge in [0, 0.05) is 0 Å². The fraction of sp³-hybridized carbons (Fsp3) is 0.600. The first-order valence-electron chi connectivity index (χ1n) is 8.57. The molecule has 5 rings (SSSR count). The summed E-state index contributed by atoms with van der Waals surface area (Å²) in [4.78, 5) is 0. The van der Waals surface area contributed by atoms with E-state index in [1.807, 2.05) is 0 Å². The second kappa shape index (κ2) is 6.61. The lowest BCUT2D eigenvalue weighted by atomic mass is 10.0. The van der Waals surface area contributed by atoms with E-state index in [1.165, 1.54) is 48.6 Å². The van der Waals surface area contributed by atoms with Gasteiger partial charge in [0.05, 0.1) is 0 Å². The summed E-state index contributed by atoms with van der Waals surface area (Å²) in [5, 5.41) is 0. The zero-order chi connectivity index (χ0) is 13.8. The van der Waals surface area contributed by atoms with E-state index in [4.69, 9.17) is 0 Å². The number of hydrogen-bond acceptors (Lipinski definition) is 0. The van der Waals surface area contributed by atoms with E-state index >= 15 is 0 Å². The predicted molar refractivity (Wildman–Crippen MR) is 87.6 cm³/mol. The molecule has 4 aliphatic rings. The van der Waals surface area contributed by atoms with Crippen LogP contribution in [0.15, 0.2) is 30.3 Å². The van der Waals surface area contributed by atoms with E-state index in [0.717, 1.165) is 12.3 Å². The van der Waals surface area contributed by atoms with Gasteiger partial charge in [0.1, 0.15) is 0 Å². The van der Waals surface area contributed by atoms with Crippen LogP contribution >= 0.6 is 0 Å². The highest BCUT2D eigenvalue weighted by atomic mass is 14.5. The van der Waals surface area contributed by atoms with Gasteiger partial charge in [-0.2, -0.15) is 0 Å². The molecule has 0 nitrogen and oxygen atoms in total. The lowest BCUT2D eigenvalue weighted by Gasteiger charge is -2.04. The third-order valence-electron chi connectivity index (χ3n) is 5.31. The summed E-state index contributed by atoms with van der Waals surface area (Å²) >= 11 is 0. The number of rotatable bonds is 0. The average molecular weight is 268 g/mol. The molecule has 0 aliphatic heterocycles. The van der Waals surface area contributed by atoms with Gasteiger partial charge >= 0.3 is 0 Å². The van der Waals surface area contributed by atoms with Crippen molar-refractivity contribution in [2.24, 2.45) is 17.8 Å². The maximum Gasteiger partial charge on any atom is -0.00882 e. The molecule has 3 saturated carbocycles. The lowest BCUT2D eigenvalue weighted by Crippen LogP contribution is -1.93. The van der Waals surface area contributed by atoms with Crippen molar-refractivity contribution in [3.05, 3.63) is 41.5 Å². The Kier molecular flexibility index (Phi) is 4.60. The highest BCUT2D eigenvalue weighted by Gasteiger charge is 2.44. The van der Waals surface area contributed by atoms with E-state index in [1.54, 1.807) is 19.3 Å². The molecule has 2 atom stereocenters. The molecular formula is C20H28. The fourth-order valence-corrected chi connectivity index (χ4v) is 3.51. The molecule has 20 heavy (non-hydrogen) atoms. The fourth-order valence-electron chi connectivity index (χ4n) is 3.51. The van der Waals surface area contributed by atoms with Crippen LogP contribution in [0.5, 0.6) is 0 Å². The molecule has 0 N–H and O–H groups in total. The minimum Gasteiger partial charge on any atom is -0.0795 e. The average Bonchev–Trinajstić information content (AvgIpc) is 2.88. The van der Waals surface area contributed by atoms with Crippen molar-refractivity contribution < 1.29 is 0 Å². The van der Waals surface area contributed by atoms with Crippen molar-refractivity contribution in [3.8, 4) is 0 Å². The molecule has 3 fully saturated rings. The zero-order valence-electron chi connectivity index (χ0n) is 12.9. The number of benzene rings is 1. The molecular weight excluding hydrogens is 240 g/mol.